The van der Waals surface area contributed by atoms with E-state index >= 15 is 0 Å². The van der Waals surface area contributed by atoms with E-state index in [2.05, 4.69) is 5.32 Å². The summed E-state index contributed by atoms with van der Waals surface area (Å²) < 4.78 is 63.2. The zero-order valence-corrected chi connectivity index (χ0v) is 21.8. The van der Waals surface area contributed by atoms with Gasteiger partial charge in [0, 0.05) is 18.1 Å². The summed E-state index contributed by atoms with van der Waals surface area (Å²) in [5.74, 6) is -0.0620. The number of carbonyl (C=O) groups excluding carboxylic acids is 1. The maximum Gasteiger partial charge on any atom is 0.243 e. The van der Waals surface area contributed by atoms with Crippen molar-refractivity contribution in [3.8, 4) is 5.75 Å². The van der Waals surface area contributed by atoms with Gasteiger partial charge in [-0.05, 0) is 55.5 Å². The summed E-state index contributed by atoms with van der Waals surface area (Å²) in [6.45, 7) is 3.07. The van der Waals surface area contributed by atoms with Gasteiger partial charge in [0.05, 0.1) is 36.6 Å². The molecule has 0 spiro atoms. The minimum absolute atomic E-state index is 0.105. The number of carbonyl (C=O) groups is 1. The highest BCUT2D eigenvalue weighted by Crippen LogP contribution is 2.23. The van der Waals surface area contributed by atoms with E-state index in [1.54, 1.807) is 24.3 Å². The molecule has 0 unspecified atom stereocenters. The molecule has 1 heterocycles. The number of amides is 1. The molecular weight excluding hydrogens is 518 g/mol. The van der Waals surface area contributed by atoms with Crippen molar-refractivity contribution < 1.29 is 31.1 Å². The third-order valence-corrected chi connectivity index (χ3v) is 8.68. The molecule has 0 saturated carbocycles. The highest BCUT2D eigenvalue weighted by atomic mass is 35.5. The lowest BCUT2D eigenvalue weighted by atomic mass is 10.2. The van der Waals surface area contributed by atoms with Crippen LogP contribution < -0.4 is 14.4 Å². The molecule has 0 radical (unpaired) electrons. The fourth-order valence-corrected chi connectivity index (χ4v) is 6.24. The van der Waals surface area contributed by atoms with Gasteiger partial charge in [-0.25, -0.2) is 16.8 Å². The number of benzene rings is 2. The quantitative estimate of drug-likeness (QED) is 0.451. The van der Waals surface area contributed by atoms with E-state index < -0.39 is 32.0 Å². The SMILES string of the molecule is C[C@H](C(=O)NCCOc1ccc(S(=O)(=O)N2CCOCC2)cc1)N(c1ccc(Cl)cc1)S(C)(=O)=O. The molecule has 1 atom stereocenters. The van der Waals surface area contributed by atoms with Crippen molar-refractivity contribution in [2.45, 2.75) is 17.9 Å². The highest BCUT2D eigenvalue weighted by molar-refractivity contribution is 7.92. The number of hydrogen-bond acceptors (Lipinski definition) is 7. The van der Waals surface area contributed by atoms with E-state index in [0.29, 0.717) is 42.8 Å². The van der Waals surface area contributed by atoms with Crippen molar-refractivity contribution in [2.24, 2.45) is 0 Å². The minimum Gasteiger partial charge on any atom is -0.492 e. The number of sulfonamides is 2. The molecule has 0 aromatic heterocycles. The van der Waals surface area contributed by atoms with Crippen LogP contribution in [0.5, 0.6) is 5.75 Å². The number of morpholine rings is 1. The van der Waals surface area contributed by atoms with E-state index in [1.165, 1.54) is 35.5 Å². The van der Waals surface area contributed by atoms with Gasteiger partial charge in [-0.3, -0.25) is 9.10 Å². The van der Waals surface area contributed by atoms with Gasteiger partial charge in [-0.1, -0.05) is 11.6 Å². The second kappa shape index (κ2) is 11.6. The second-order valence-corrected chi connectivity index (χ2v) is 12.1. The average Bonchev–Trinajstić information content (AvgIpc) is 2.83. The second-order valence-electron chi connectivity index (χ2n) is 7.84. The van der Waals surface area contributed by atoms with Crippen LogP contribution in [0.2, 0.25) is 5.02 Å². The summed E-state index contributed by atoms with van der Waals surface area (Å²) in [7, 11) is -7.33. The Labute approximate surface area is 210 Å². The van der Waals surface area contributed by atoms with Crippen LogP contribution in [-0.4, -0.2) is 78.8 Å². The van der Waals surface area contributed by atoms with Gasteiger partial charge < -0.3 is 14.8 Å². The molecule has 0 bridgehead atoms. The molecule has 1 amide bonds. The van der Waals surface area contributed by atoms with Crippen molar-refractivity contribution in [3.05, 3.63) is 53.6 Å². The van der Waals surface area contributed by atoms with Crippen LogP contribution in [0.1, 0.15) is 6.92 Å². The molecule has 10 nitrogen and oxygen atoms in total. The van der Waals surface area contributed by atoms with E-state index in [0.717, 1.165) is 10.6 Å². The summed E-state index contributed by atoms with van der Waals surface area (Å²) in [5, 5.41) is 3.10. The maximum absolute atomic E-state index is 12.7. The molecule has 2 aromatic rings. The van der Waals surface area contributed by atoms with Crippen molar-refractivity contribution in [2.75, 3.05) is 50.0 Å². The Hall–Kier alpha value is -2.38. The first kappa shape index (κ1) is 27.2. The Morgan fingerprint density at radius 3 is 2.26 bits per heavy atom. The highest BCUT2D eigenvalue weighted by Gasteiger charge is 2.29. The monoisotopic (exact) mass is 545 g/mol. The Morgan fingerprint density at radius 1 is 1.09 bits per heavy atom. The van der Waals surface area contributed by atoms with Crippen molar-refractivity contribution in [3.63, 3.8) is 0 Å². The smallest absolute Gasteiger partial charge is 0.243 e. The van der Waals surface area contributed by atoms with E-state index in [-0.39, 0.29) is 18.0 Å². The number of ether oxygens (including phenoxy) is 2. The fraction of sp³-hybridized carbons (Fsp3) is 0.409. The zero-order chi connectivity index (χ0) is 25.6. The third kappa shape index (κ3) is 7.07. The van der Waals surface area contributed by atoms with Crippen molar-refractivity contribution in [1.82, 2.24) is 9.62 Å². The first-order chi connectivity index (χ1) is 16.5. The Morgan fingerprint density at radius 2 is 1.69 bits per heavy atom. The van der Waals surface area contributed by atoms with Crippen LogP contribution in [0.25, 0.3) is 0 Å². The number of halogens is 1. The number of nitrogens with one attached hydrogen (secondary N) is 1. The Kier molecular flexibility index (Phi) is 9.00. The molecule has 1 fully saturated rings. The van der Waals surface area contributed by atoms with Gasteiger partial charge in [0.25, 0.3) is 0 Å². The largest absolute Gasteiger partial charge is 0.492 e. The fourth-order valence-electron chi connectivity index (χ4n) is 3.53. The molecule has 13 heteroatoms. The first-order valence-corrected chi connectivity index (χ1v) is 14.5. The lowest BCUT2D eigenvalue weighted by Gasteiger charge is -2.28. The third-order valence-electron chi connectivity index (χ3n) is 5.27. The van der Waals surface area contributed by atoms with Crippen molar-refractivity contribution >= 4 is 43.2 Å². The molecule has 35 heavy (non-hydrogen) atoms. The molecule has 1 aliphatic rings. The Bertz CT molecular complexity index is 1210. The lowest BCUT2D eigenvalue weighted by molar-refractivity contribution is -0.121. The van der Waals surface area contributed by atoms with E-state index in [4.69, 9.17) is 21.1 Å². The maximum atomic E-state index is 12.7. The van der Waals surface area contributed by atoms with Crippen LogP contribution in [0, 0.1) is 0 Å². The topological polar surface area (TPSA) is 122 Å². The molecule has 2 aromatic carbocycles. The molecule has 1 saturated heterocycles. The molecule has 3 rings (SSSR count). The molecule has 1 aliphatic heterocycles. The van der Waals surface area contributed by atoms with Gasteiger partial charge in [-0.2, -0.15) is 4.31 Å². The van der Waals surface area contributed by atoms with Crippen LogP contribution in [-0.2, 0) is 29.6 Å². The summed E-state index contributed by atoms with van der Waals surface area (Å²) in [6.07, 6.45) is 1.03. The predicted octanol–water partition coefficient (Wildman–Crippen LogP) is 1.71. The number of anilines is 1. The number of nitrogens with zero attached hydrogens (tertiary/aromatic N) is 2. The standard InChI is InChI=1S/C22H28ClN3O7S2/c1-17(26(34(2,28)29)19-5-3-18(23)4-6-19)22(27)24-11-14-33-20-7-9-21(10-8-20)35(30,31)25-12-15-32-16-13-25/h3-10,17H,11-16H2,1-2H3,(H,24,27)/t17-/m1/s1. The summed E-state index contributed by atoms with van der Waals surface area (Å²) in [6, 6.07) is 11.2. The van der Waals surface area contributed by atoms with Crippen LogP contribution in [0.15, 0.2) is 53.4 Å². The first-order valence-electron chi connectivity index (χ1n) is 10.8. The molecule has 1 N–H and O–H groups in total. The number of rotatable bonds is 10. The van der Waals surface area contributed by atoms with Gasteiger partial charge in [0.15, 0.2) is 0 Å². The van der Waals surface area contributed by atoms with Crippen LogP contribution in [0.4, 0.5) is 5.69 Å². The molecule has 192 valence electrons. The van der Waals surface area contributed by atoms with Gasteiger partial charge in [0.1, 0.15) is 18.4 Å². The van der Waals surface area contributed by atoms with Gasteiger partial charge in [0.2, 0.25) is 26.0 Å². The zero-order valence-electron chi connectivity index (χ0n) is 19.4. The van der Waals surface area contributed by atoms with Gasteiger partial charge in [-0.15, -0.1) is 0 Å². The average molecular weight is 546 g/mol. The summed E-state index contributed by atoms with van der Waals surface area (Å²) in [4.78, 5) is 12.8. The summed E-state index contributed by atoms with van der Waals surface area (Å²) >= 11 is 5.88. The summed E-state index contributed by atoms with van der Waals surface area (Å²) in [5.41, 5.74) is 0.322. The van der Waals surface area contributed by atoms with Crippen LogP contribution >= 0.6 is 11.6 Å². The van der Waals surface area contributed by atoms with Gasteiger partial charge >= 0.3 is 0 Å². The van der Waals surface area contributed by atoms with Crippen molar-refractivity contribution in [1.29, 1.82) is 0 Å². The molecule has 0 aliphatic carbocycles. The normalized spacial score (nSPS) is 15.9. The molecular formula is C22H28ClN3O7S2. The number of hydrogen-bond donors (Lipinski definition) is 1. The Balaban J connectivity index is 1.53. The van der Waals surface area contributed by atoms with Crippen LogP contribution in [0.3, 0.4) is 0 Å². The minimum atomic E-state index is -3.73. The van der Waals surface area contributed by atoms with E-state index in [1.807, 2.05) is 0 Å². The lowest BCUT2D eigenvalue weighted by Crippen LogP contribution is -2.48. The predicted molar refractivity (Wildman–Crippen MR) is 133 cm³/mol. The van der Waals surface area contributed by atoms with E-state index in [9.17, 15) is 21.6 Å².